The molecule has 2 unspecified atom stereocenters. The first-order valence-corrected chi connectivity index (χ1v) is 8.89. The van der Waals surface area contributed by atoms with Gasteiger partial charge in [-0.15, -0.1) is 0 Å². The van der Waals surface area contributed by atoms with E-state index in [0.29, 0.717) is 11.8 Å². The monoisotopic (exact) mass is 329 g/mol. The van der Waals surface area contributed by atoms with Gasteiger partial charge in [0.2, 0.25) is 11.8 Å². The van der Waals surface area contributed by atoms with Gasteiger partial charge in [0.15, 0.2) is 0 Å². The zero-order valence-corrected chi connectivity index (χ0v) is 14.4. The lowest BCUT2D eigenvalue weighted by atomic mass is 10.0. The van der Waals surface area contributed by atoms with Crippen LogP contribution >= 0.6 is 0 Å². The van der Waals surface area contributed by atoms with Crippen LogP contribution in [0.2, 0.25) is 0 Å². The molecule has 24 heavy (non-hydrogen) atoms. The molecule has 0 saturated carbocycles. The maximum absolute atomic E-state index is 12.2. The Morgan fingerprint density at radius 2 is 1.75 bits per heavy atom. The minimum absolute atomic E-state index is 0.104. The van der Waals surface area contributed by atoms with E-state index in [2.05, 4.69) is 35.2 Å². The van der Waals surface area contributed by atoms with Gasteiger partial charge in [-0.25, -0.2) is 0 Å². The van der Waals surface area contributed by atoms with E-state index in [0.717, 1.165) is 39.1 Å². The van der Waals surface area contributed by atoms with E-state index in [9.17, 15) is 9.59 Å². The molecule has 2 amide bonds. The standard InChI is InChI=1S/C19H27N3O2/c1-14(18(20)23)19(24)22-12-16-10-21(11-17(16)13-22)9-5-8-15-6-3-2-4-7-15/h2-4,6-7,14,16-17H,5,8-13H2,1H3,(H2,20,23)/t14?,16-,17?/m0/s1. The third-order valence-electron chi connectivity index (χ3n) is 5.45. The number of amides is 2. The smallest absolute Gasteiger partial charge is 0.234 e. The summed E-state index contributed by atoms with van der Waals surface area (Å²) in [5, 5.41) is 0. The molecule has 2 heterocycles. The molecule has 2 saturated heterocycles. The highest BCUT2D eigenvalue weighted by Crippen LogP contribution is 2.31. The molecule has 3 atom stereocenters. The molecular weight excluding hydrogens is 302 g/mol. The number of likely N-dealkylation sites (tertiary alicyclic amines) is 2. The SMILES string of the molecule is CC(C(N)=O)C(=O)N1CC2CN(CCCc3ccccc3)C[C@H]2C1. The fourth-order valence-corrected chi connectivity index (χ4v) is 4.00. The summed E-state index contributed by atoms with van der Waals surface area (Å²) in [5.74, 6) is -0.241. The second kappa shape index (κ2) is 7.34. The highest BCUT2D eigenvalue weighted by Gasteiger charge is 2.42. The third kappa shape index (κ3) is 3.78. The summed E-state index contributed by atoms with van der Waals surface area (Å²) in [6.45, 7) is 6.40. The van der Waals surface area contributed by atoms with Crippen LogP contribution in [0.1, 0.15) is 18.9 Å². The lowest BCUT2D eigenvalue weighted by molar-refractivity contribution is -0.139. The lowest BCUT2D eigenvalue weighted by Gasteiger charge is -2.23. The molecule has 130 valence electrons. The molecule has 2 N–H and O–H groups in total. The largest absolute Gasteiger partial charge is 0.369 e. The minimum atomic E-state index is -0.703. The van der Waals surface area contributed by atoms with E-state index >= 15 is 0 Å². The van der Waals surface area contributed by atoms with Crippen LogP contribution in [-0.2, 0) is 16.0 Å². The van der Waals surface area contributed by atoms with Gasteiger partial charge in [-0.1, -0.05) is 30.3 Å². The van der Waals surface area contributed by atoms with Crippen LogP contribution in [0.15, 0.2) is 30.3 Å². The predicted octanol–water partition coefficient (Wildman–Crippen LogP) is 1.13. The van der Waals surface area contributed by atoms with Crippen molar-refractivity contribution in [3.8, 4) is 0 Å². The normalized spacial score (nSPS) is 24.8. The summed E-state index contributed by atoms with van der Waals surface area (Å²) in [6, 6.07) is 10.6. The van der Waals surface area contributed by atoms with E-state index in [1.165, 1.54) is 12.0 Å². The van der Waals surface area contributed by atoms with Crippen LogP contribution in [0.5, 0.6) is 0 Å². The fraction of sp³-hybridized carbons (Fsp3) is 0.579. The third-order valence-corrected chi connectivity index (χ3v) is 5.45. The van der Waals surface area contributed by atoms with Gasteiger partial charge in [-0.05, 0) is 43.7 Å². The zero-order valence-electron chi connectivity index (χ0n) is 14.4. The van der Waals surface area contributed by atoms with E-state index in [1.807, 2.05) is 4.90 Å². The molecule has 0 radical (unpaired) electrons. The van der Waals surface area contributed by atoms with Gasteiger partial charge in [0.25, 0.3) is 0 Å². The van der Waals surface area contributed by atoms with Crippen molar-refractivity contribution >= 4 is 11.8 Å². The molecule has 0 bridgehead atoms. The summed E-state index contributed by atoms with van der Waals surface area (Å²) in [5.41, 5.74) is 6.65. The number of rotatable bonds is 6. The number of aryl methyl sites for hydroxylation is 1. The van der Waals surface area contributed by atoms with Crippen molar-refractivity contribution in [2.75, 3.05) is 32.7 Å². The summed E-state index contributed by atoms with van der Waals surface area (Å²) in [4.78, 5) is 27.8. The second-order valence-electron chi connectivity index (χ2n) is 7.24. The molecule has 0 aromatic heterocycles. The minimum Gasteiger partial charge on any atom is -0.369 e. The summed E-state index contributed by atoms with van der Waals surface area (Å²) < 4.78 is 0. The second-order valence-corrected chi connectivity index (χ2v) is 7.24. The Morgan fingerprint density at radius 3 is 2.33 bits per heavy atom. The molecule has 3 rings (SSSR count). The highest BCUT2D eigenvalue weighted by atomic mass is 16.2. The van der Waals surface area contributed by atoms with Gasteiger partial charge < -0.3 is 15.5 Å². The van der Waals surface area contributed by atoms with Gasteiger partial charge in [-0.3, -0.25) is 9.59 Å². The summed E-state index contributed by atoms with van der Waals surface area (Å²) in [7, 11) is 0. The number of carbonyl (C=O) groups is 2. The number of hydrogen-bond donors (Lipinski definition) is 1. The van der Waals surface area contributed by atoms with Crippen molar-refractivity contribution in [3.63, 3.8) is 0 Å². The molecule has 0 aliphatic carbocycles. The number of benzene rings is 1. The molecular formula is C19H27N3O2. The van der Waals surface area contributed by atoms with Gasteiger partial charge in [0, 0.05) is 26.2 Å². The Kier molecular flexibility index (Phi) is 5.19. The zero-order chi connectivity index (χ0) is 17.1. The quantitative estimate of drug-likeness (QED) is 0.796. The Labute approximate surface area is 143 Å². The van der Waals surface area contributed by atoms with Crippen molar-refractivity contribution in [2.24, 2.45) is 23.5 Å². The molecule has 1 aromatic rings. The van der Waals surface area contributed by atoms with Crippen molar-refractivity contribution in [2.45, 2.75) is 19.8 Å². The molecule has 1 aromatic carbocycles. The molecule has 0 spiro atoms. The van der Waals surface area contributed by atoms with E-state index < -0.39 is 11.8 Å². The first-order valence-electron chi connectivity index (χ1n) is 8.89. The van der Waals surface area contributed by atoms with Gasteiger partial charge in [0.05, 0.1) is 0 Å². The van der Waals surface area contributed by atoms with Crippen molar-refractivity contribution in [3.05, 3.63) is 35.9 Å². The van der Waals surface area contributed by atoms with Gasteiger partial charge in [-0.2, -0.15) is 0 Å². The predicted molar refractivity (Wildman–Crippen MR) is 93.1 cm³/mol. The first-order chi connectivity index (χ1) is 11.5. The number of carbonyl (C=O) groups excluding carboxylic acids is 2. The van der Waals surface area contributed by atoms with Crippen molar-refractivity contribution in [1.29, 1.82) is 0 Å². The Balaban J connectivity index is 1.42. The summed E-state index contributed by atoms with van der Waals surface area (Å²) in [6.07, 6.45) is 2.29. The van der Waals surface area contributed by atoms with Crippen LogP contribution in [0.25, 0.3) is 0 Å². The van der Waals surface area contributed by atoms with Crippen LogP contribution < -0.4 is 5.73 Å². The number of nitrogens with two attached hydrogens (primary N) is 1. The van der Waals surface area contributed by atoms with Crippen LogP contribution in [-0.4, -0.2) is 54.3 Å². The highest BCUT2D eigenvalue weighted by molar-refractivity contribution is 5.99. The Bertz CT molecular complexity index is 576. The Morgan fingerprint density at radius 1 is 1.12 bits per heavy atom. The fourth-order valence-electron chi connectivity index (χ4n) is 4.00. The average Bonchev–Trinajstić information content (AvgIpc) is 3.13. The van der Waals surface area contributed by atoms with Crippen molar-refractivity contribution < 1.29 is 9.59 Å². The lowest BCUT2D eigenvalue weighted by Crippen LogP contribution is -2.41. The molecule has 5 heteroatoms. The number of fused-ring (bicyclic) bond motifs is 1. The molecule has 2 aliphatic heterocycles. The summed E-state index contributed by atoms with van der Waals surface area (Å²) >= 11 is 0. The van der Waals surface area contributed by atoms with Crippen molar-refractivity contribution in [1.82, 2.24) is 9.80 Å². The Hall–Kier alpha value is -1.88. The van der Waals surface area contributed by atoms with Crippen LogP contribution in [0.3, 0.4) is 0 Å². The maximum atomic E-state index is 12.2. The van der Waals surface area contributed by atoms with Crippen LogP contribution in [0, 0.1) is 17.8 Å². The first kappa shape index (κ1) is 17.0. The topological polar surface area (TPSA) is 66.6 Å². The number of hydrogen-bond acceptors (Lipinski definition) is 3. The maximum Gasteiger partial charge on any atom is 0.234 e. The van der Waals surface area contributed by atoms with E-state index in [4.69, 9.17) is 5.73 Å². The van der Waals surface area contributed by atoms with Gasteiger partial charge in [0.1, 0.15) is 5.92 Å². The average molecular weight is 329 g/mol. The van der Waals surface area contributed by atoms with E-state index in [1.54, 1.807) is 6.92 Å². The molecule has 2 aliphatic rings. The molecule has 5 nitrogen and oxygen atoms in total. The number of nitrogens with zero attached hydrogens (tertiary/aromatic N) is 2. The van der Waals surface area contributed by atoms with Gasteiger partial charge >= 0.3 is 0 Å². The van der Waals surface area contributed by atoms with E-state index in [-0.39, 0.29) is 5.91 Å². The molecule has 2 fully saturated rings. The number of primary amides is 1. The van der Waals surface area contributed by atoms with Crippen LogP contribution in [0.4, 0.5) is 0 Å².